The molecule has 1 N–H and O–H groups in total. The van der Waals surface area contributed by atoms with Crippen LogP contribution in [0.2, 0.25) is 0 Å². The van der Waals surface area contributed by atoms with Gasteiger partial charge in [-0.2, -0.15) is 4.98 Å². The Morgan fingerprint density at radius 1 is 1.27 bits per heavy atom. The SMILES string of the molecule is COc1cccc(-n2c(SCC(=O)N3CCCCC3)nc(O)cc2=O)c1. The Morgan fingerprint density at radius 3 is 2.77 bits per heavy atom. The fourth-order valence-electron chi connectivity index (χ4n) is 2.89. The van der Waals surface area contributed by atoms with Crippen molar-refractivity contribution in [2.24, 2.45) is 0 Å². The van der Waals surface area contributed by atoms with Gasteiger partial charge < -0.3 is 14.7 Å². The van der Waals surface area contributed by atoms with Gasteiger partial charge in [-0.15, -0.1) is 0 Å². The molecule has 2 heterocycles. The molecule has 0 spiro atoms. The van der Waals surface area contributed by atoms with Crippen LogP contribution >= 0.6 is 11.8 Å². The molecule has 3 rings (SSSR count). The van der Waals surface area contributed by atoms with E-state index in [4.69, 9.17) is 4.74 Å². The zero-order chi connectivity index (χ0) is 18.5. The molecule has 1 aliphatic heterocycles. The zero-order valence-electron chi connectivity index (χ0n) is 14.6. The first-order chi connectivity index (χ1) is 12.6. The molecule has 1 saturated heterocycles. The Balaban J connectivity index is 1.86. The van der Waals surface area contributed by atoms with Gasteiger partial charge >= 0.3 is 0 Å². The molecule has 1 aromatic carbocycles. The summed E-state index contributed by atoms with van der Waals surface area (Å²) in [6.45, 7) is 1.55. The normalized spacial score (nSPS) is 14.3. The van der Waals surface area contributed by atoms with Crippen molar-refractivity contribution >= 4 is 17.7 Å². The molecule has 1 aliphatic rings. The predicted octanol–water partition coefficient (Wildman–Crippen LogP) is 2.05. The average molecular weight is 375 g/mol. The molecular formula is C18H21N3O4S. The van der Waals surface area contributed by atoms with Crippen LogP contribution < -0.4 is 10.3 Å². The molecule has 8 heteroatoms. The van der Waals surface area contributed by atoms with Crippen LogP contribution in [0.3, 0.4) is 0 Å². The van der Waals surface area contributed by atoms with Gasteiger partial charge in [0.2, 0.25) is 11.8 Å². The summed E-state index contributed by atoms with van der Waals surface area (Å²) >= 11 is 1.15. The standard InChI is InChI=1S/C18H21N3O4S/c1-25-14-7-5-6-13(10-14)21-16(23)11-15(22)19-18(21)26-12-17(24)20-8-3-2-4-9-20/h5-7,10-11,22H,2-4,8-9,12H2,1H3. The van der Waals surface area contributed by atoms with Crippen LogP contribution in [-0.4, -0.2) is 51.4 Å². The van der Waals surface area contributed by atoms with Crippen LogP contribution in [0.4, 0.5) is 0 Å². The van der Waals surface area contributed by atoms with Gasteiger partial charge in [0.05, 0.1) is 24.6 Å². The summed E-state index contributed by atoms with van der Waals surface area (Å²) in [5, 5.41) is 9.99. The van der Waals surface area contributed by atoms with Gasteiger partial charge in [-0.1, -0.05) is 17.8 Å². The molecule has 0 unspecified atom stereocenters. The highest BCUT2D eigenvalue weighted by molar-refractivity contribution is 7.99. The quantitative estimate of drug-likeness (QED) is 0.636. The van der Waals surface area contributed by atoms with E-state index in [9.17, 15) is 14.7 Å². The van der Waals surface area contributed by atoms with Gasteiger partial charge in [-0.05, 0) is 31.4 Å². The molecule has 0 atom stereocenters. The van der Waals surface area contributed by atoms with E-state index in [1.165, 1.54) is 4.57 Å². The lowest BCUT2D eigenvalue weighted by Gasteiger charge is -2.26. The van der Waals surface area contributed by atoms with E-state index in [1.807, 2.05) is 4.90 Å². The van der Waals surface area contributed by atoms with E-state index in [-0.39, 0.29) is 22.7 Å². The topological polar surface area (TPSA) is 84.7 Å². The highest BCUT2D eigenvalue weighted by atomic mass is 32.2. The minimum Gasteiger partial charge on any atom is -0.497 e. The Labute approximate surface area is 155 Å². The lowest BCUT2D eigenvalue weighted by molar-refractivity contribution is -0.129. The van der Waals surface area contributed by atoms with Crippen LogP contribution in [0.15, 0.2) is 40.3 Å². The number of amides is 1. The van der Waals surface area contributed by atoms with Crippen LogP contribution in [0.25, 0.3) is 5.69 Å². The van der Waals surface area contributed by atoms with Gasteiger partial charge in [0.1, 0.15) is 5.75 Å². The number of likely N-dealkylation sites (tertiary alicyclic amines) is 1. The Kier molecular flexibility index (Phi) is 5.82. The highest BCUT2D eigenvalue weighted by Gasteiger charge is 2.19. The van der Waals surface area contributed by atoms with E-state index in [2.05, 4.69) is 4.98 Å². The summed E-state index contributed by atoms with van der Waals surface area (Å²) in [5.74, 6) is 0.425. The Hall–Kier alpha value is -2.48. The first-order valence-corrected chi connectivity index (χ1v) is 9.45. The van der Waals surface area contributed by atoms with Gasteiger partial charge in [0.25, 0.3) is 5.56 Å². The number of rotatable bonds is 5. The molecule has 26 heavy (non-hydrogen) atoms. The second kappa shape index (κ2) is 8.27. The van der Waals surface area contributed by atoms with Crippen molar-refractivity contribution in [3.63, 3.8) is 0 Å². The third-order valence-electron chi connectivity index (χ3n) is 4.22. The van der Waals surface area contributed by atoms with Crippen molar-refractivity contribution in [2.75, 3.05) is 26.0 Å². The minimum absolute atomic E-state index is 0.0180. The van der Waals surface area contributed by atoms with Crippen LogP contribution in [0.5, 0.6) is 11.6 Å². The summed E-state index contributed by atoms with van der Waals surface area (Å²) in [6.07, 6.45) is 3.20. The van der Waals surface area contributed by atoms with Gasteiger partial charge in [-0.25, -0.2) is 0 Å². The maximum Gasteiger partial charge on any atom is 0.262 e. The third kappa shape index (κ3) is 4.19. The van der Waals surface area contributed by atoms with Crippen molar-refractivity contribution in [1.29, 1.82) is 0 Å². The first kappa shape index (κ1) is 18.3. The number of benzene rings is 1. The Morgan fingerprint density at radius 2 is 2.04 bits per heavy atom. The van der Waals surface area contributed by atoms with Gasteiger partial charge in [0, 0.05) is 19.2 Å². The summed E-state index contributed by atoms with van der Waals surface area (Å²) in [5.41, 5.74) is 0.147. The number of aromatic nitrogens is 2. The minimum atomic E-state index is -0.418. The average Bonchev–Trinajstić information content (AvgIpc) is 2.66. The molecule has 138 valence electrons. The number of hydrogen-bond acceptors (Lipinski definition) is 6. The lowest BCUT2D eigenvalue weighted by Crippen LogP contribution is -2.36. The molecule has 1 fully saturated rings. The van der Waals surface area contributed by atoms with E-state index < -0.39 is 5.56 Å². The molecule has 1 amide bonds. The molecular weight excluding hydrogens is 354 g/mol. The van der Waals surface area contributed by atoms with E-state index >= 15 is 0 Å². The molecule has 0 saturated carbocycles. The molecule has 0 bridgehead atoms. The number of carbonyl (C=O) groups is 1. The van der Waals surface area contributed by atoms with Crippen molar-refractivity contribution in [2.45, 2.75) is 24.4 Å². The zero-order valence-corrected chi connectivity index (χ0v) is 15.4. The first-order valence-electron chi connectivity index (χ1n) is 8.46. The number of hydrogen-bond donors (Lipinski definition) is 1. The van der Waals surface area contributed by atoms with Crippen molar-refractivity contribution in [3.8, 4) is 17.3 Å². The lowest BCUT2D eigenvalue weighted by atomic mass is 10.1. The number of aromatic hydroxyl groups is 1. The molecule has 0 aliphatic carbocycles. The molecule has 2 aromatic rings. The second-order valence-electron chi connectivity index (χ2n) is 6.00. The number of piperidine rings is 1. The fraction of sp³-hybridized carbons (Fsp3) is 0.389. The highest BCUT2D eigenvalue weighted by Crippen LogP contribution is 2.23. The third-order valence-corrected chi connectivity index (χ3v) is 5.14. The van der Waals surface area contributed by atoms with Crippen LogP contribution in [0, 0.1) is 0 Å². The van der Waals surface area contributed by atoms with Crippen molar-refractivity contribution < 1.29 is 14.6 Å². The van der Waals surface area contributed by atoms with E-state index in [0.29, 0.717) is 11.4 Å². The van der Waals surface area contributed by atoms with E-state index in [1.54, 1.807) is 31.4 Å². The second-order valence-corrected chi connectivity index (χ2v) is 6.94. The number of carbonyl (C=O) groups excluding carboxylic acids is 1. The number of thioether (sulfide) groups is 1. The largest absolute Gasteiger partial charge is 0.497 e. The molecule has 1 aromatic heterocycles. The Bertz CT molecular complexity index is 847. The van der Waals surface area contributed by atoms with Crippen molar-refractivity contribution in [3.05, 3.63) is 40.7 Å². The number of nitrogens with zero attached hydrogens (tertiary/aromatic N) is 3. The molecule has 7 nitrogen and oxygen atoms in total. The maximum atomic E-state index is 12.4. The van der Waals surface area contributed by atoms with Crippen LogP contribution in [0.1, 0.15) is 19.3 Å². The number of ether oxygens (including phenoxy) is 1. The van der Waals surface area contributed by atoms with Gasteiger partial charge in [-0.3, -0.25) is 14.2 Å². The number of methoxy groups -OCH3 is 1. The summed E-state index contributed by atoms with van der Waals surface area (Å²) in [6, 6.07) is 8.04. The summed E-state index contributed by atoms with van der Waals surface area (Å²) in [7, 11) is 1.55. The van der Waals surface area contributed by atoms with Crippen LogP contribution in [-0.2, 0) is 4.79 Å². The summed E-state index contributed by atoms with van der Waals surface area (Å²) < 4.78 is 6.58. The monoisotopic (exact) mass is 375 g/mol. The predicted molar refractivity (Wildman–Crippen MR) is 99.2 cm³/mol. The summed E-state index contributed by atoms with van der Waals surface area (Å²) in [4.78, 5) is 30.7. The smallest absolute Gasteiger partial charge is 0.262 e. The fourth-order valence-corrected chi connectivity index (χ4v) is 3.81. The van der Waals surface area contributed by atoms with Gasteiger partial charge in [0.15, 0.2) is 5.16 Å². The van der Waals surface area contributed by atoms with E-state index in [0.717, 1.165) is 50.2 Å². The van der Waals surface area contributed by atoms with Crippen molar-refractivity contribution in [1.82, 2.24) is 14.5 Å². The molecule has 0 radical (unpaired) electrons. The maximum absolute atomic E-state index is 12.4.